The number of hydrogen-bond acceptors (Lipinski definition) is 4. The number of methoxy groups -OCH3 is 1. The summed E-state index contributed by atoms with van der Waals surface area (Å²) >= 11 is 0. The molecule has 0 aromatic carbocycles. The Morgan fingerprint density at radius 2 is 2.33 bits per heavy atom. The van der Waals surface area contributed by atoms with E-state index in [1.54, 1.807) is 11.0 Å². The lowest BCUT2D eigenvalue weighted by Gasteiger charge is -2.17. The van der Waals surface area contributed by atoms with Crippen LogP contribution in [0.2, 0.25) is 0 Å². The molecule has 2 heterocycles. The highest BCUT2D eigenvalue weighted by atomic mass is 16.5. The number of hydrogen-bond donors (Lipinski definition) is 1. The molecule has 0 unspecified atom stereocenters. The molecule has 1 aliphatic heterocycles. The molecule has 6 heteroatoms. The standard InChI is InChI=1S/C12H15N3O3/c1-18-10-6-14-4-2-9(10)12(17)15-5-3-8(7-15)11(13)16/h2,4,6,8H,3,5,7H2,1H3,(H2,13,16)/t8-/m1/s1. The molecule has 6 nitrogen and oxygen atoms in total. The van der Waals surface area contributed by atoms with Crippen molar-refractivity contribution in [2.24, 2.45) is 11.7 Å². The first-order valence-corrected chi connectivity index (χ1v) is 5.70. The Labute approximate surface area is 105 Å². The lowest BCUT2D eigenvalue weighted by atomic mass is 10.1. The van der Waals surface area contributed by atoms with Gasteiger partial charge in [0, 0.05) is 19.3 Å². The van der Waals surface area contributed by atoms with E-state index in [-0.39, 0.29) is 17.7 Å². The largest absolute Gasteiger partial charge is 0.494 e. The molecule has 1 fully saturated rings. The predicted octanol–water partition coefficient (Wildman–Crippen LogP) is 0.0376. The van der Waals surface area contributed by atoms with Gasteiger partial charge in [-0.15, -0.1) is 0 Å². The van der Waals surface area contributed by atoms with Crippen molar-refractivity contribution < 1.29 is 14.3 Å². The van der Waals surface area contributed by atoms with Crippen LogP contribution in [0.4, 0.5) is 0 Å². The quantitative estimate of drug-likeness (QED) is 0.819. The third kappa shape index (κ3) is 2.27. The molecule has 0 saturated carbocycles. The van der Waals surface area contributed by atoms with Crippen LogP contribution < -0.4 is 10.5 Å². The van der Waals surface area contributed by atoms with Crippen LogP contribution in [0.25, 0.3) is 0 Å². The third-order valence-electron chi connectivity index (χ3n) is 3.11. The third-order valence-corrected chi connectivity index (χ3v) is 3.11. The summed E-state index contributed by atoms with van der Waals surface area (Å²) < 4.78 is 5.10. The summed E-state index contributed by atoms with van der Waals surface area (Å²) in [5.41, 5.74) is 5.70. The topological polar surface area (TPSA) is 85.5 Å². The van der Waals surface area contributed by atoms with Gasteiger partial charge in [-0.05, 0) is 12.5 Å². The van der Waals surface area contributed by atoms with Gasteiger partial charge in [-0.2, -0.15) is 0 Å². The average Bonchev–Trinajstić information content (AvgIpc) is 2.87. The first kappa shape index (κ1) is 12.3. The molecular formula is C12H15N3O3. The Morgan fingerprint density at radius 1 is 1.56 bits per heavy atom. The molecule has 0 aliphatic carbocycles. The Balaban J connectivity index is 2.15. The maximum absolute atomic E-state index is 12.3. The van der Waals surface area contributed by atoms with Crippen LogP contribution in [0.5, 0.6) is 5.75 Å². The molecule has 1 saturated heterocycles. The van der Waals surface area contributed by atoms with Crippen molar-refractivity contribution in [2.75, 3.05) is 20.2 Å². The summed E-state index contributed by atoms with van der Waals surface area (Å²) in [4.78, 5) is 28.9. The maximum atomic E-state index is 12.3. The van der Waals surface area contributed by atoms with Gasteiger partial charge >= 0.3 is 0 Å². The summed E-state index contributed by atoms with van der Waals surface area (Å²) in [6.07, 6.45) is 3.65. The Kier molecular flexibility index (Phi) is 3.45. The van der Waals surface area contributed by atoms with Crippen LogP contribution in [0, 0.1) is 5.92 Å². The van der Waals surface area contributed by atoms with E-state index in [9.17, 15) is 9.59 Å². The van der Waals surface area contributed by atoms with Gasteiger partial charge in [-0.1, -0.05) is 0 Å². The molecule has 0 radical (unpaired) electrons. The smallest absolute Gasteiger partial charge is 0.257 e. The van der Waals surface area contributed by atoms with Crippen molar-refractivity contribution in [3.05, 3.63) is 24.0 Å². The van der Waals surface area contributed by atoms with Crippen LogP contribution in [0.3, 0.4) is 0 Å². The van der Waals surface area contributed by atoms with Gasteiger partial charge in [0.05, 0.1) is 24.8 Å². The highest BCUT2D eigenvalue weighted by molar-refractivity contribution is 5.97. The number of pyridine rings is 1. The minimum absolute atomic E-state index is 0.155. The Hall–Kier alpha value is -2.11. The number of nitrogens with two attached hydrogens (primary N) is 1. The maximum Gasteiger partial charge on any atom is 0.257 e. The number of nitrogens with zero attached hydrogens (tertiary/aromatic N) is 2. The normalized spacial score (nSPS) is 18.7. The highest BCUT2D eigenvalue weighted by Crippen LogP contribution is 2.22. The van der Waals surface area contributed by atoms with Crippen molar-refractivity contribution in [1.82, 2.24) is 9.88 Å². The predicted molar refractivity (Wildman–Crippen MR) is 64.0 cm³/mol. The zero-order chi connectivity index (χ0) is 13.1. The molecule has 2 rings (SSSR count). The first-order valence-electron chi connectivity index (χ1n) is 5.70. The zero-order valence-electron chi connectivity index (χ0n) is 10.1. The minimum atomic E-state index is -0.355. The second-order valence-corrected chi connectivity index (χ2v) is 4.22. The second-order valence-electron chi connectivity index (χ2n) is 4.22. The van der Waals surface area contributed by atoms with Crippen molar-refractivity contribution in [1.29, 1.82) is 0 Å². The van der Waals surface area contributed by atoms with Gasteiger partial charge < -0.3 is 15.4 Å². The lowest BCUT2D eigenvalue weighted by molar-refractivity contribution is -0.121. The van der Waals surface area contributed by atoms with E-state index in [4.69, 9.17) is 10.5 Å². The van der Waals surface area contributed by atoms with Gasteiger partial charge in [-0.25, -0.2) is 0 Å². The number of carbonyl (C=O) groups is 2. The second kappa shape index (κ2) is 5.03. The molecular weight excluding hydrogens is 234 g/mol. The van der Waals surface area contributed by atoms with E-state index in [0.717, 1.165) is 0 Å². The number of rotatable bonds is 3. The van der Waals surface area contributed by atoms with Gasteiger partial charge in [0.2, 0.25) is 5.91 Å². The summed E-state index contributed by atoms with van der Waals surface area (Å²) in [5, 5.41) is 0. The van der Waals surface area contributed by atoms with E-state index in [2.05, 4.69) is 4.98 Å². The number of primary amides is 1. The SMILES string of the molecule is COc1cnccc1C(=O)N1CC[C@@H](C(N)=O)C1. The summed E-state index contributed by atoms with van der Waals surface area (Å²) in [5.74, 6) is -0.322. The van der Waals surface area contributed by atoms with E-state index in [1.807, 2.05) is 0 Å². The fourth-order valence-electron chi connectivity index (χ4n) is 2.07. The Bertz CT molecular complexity index is 475. The van der Waals surface area contributed by atoms with Crippen LogP contribution in [0.15, 0.2) is 18.5 Å². The fourth-order valence-corrected chi connectivity index (χ4v) is 2.07. The number of likely N-dealkylation sites (tertiary alicyclic amines) is 1. The first-order chi connectivity index (χ1) is 8.63. The average molecular weight is 249 g/mol. The van der Waals surface area contributed by atoms with Gasteiger partial charge in [0.25, 0.3) is 5.91 Å². The fraction of sp³-hybridized carbons (Fsp3) is 0.417. The molecule has 0 bridgehead atoms. The monoisotopic (exact) mass is 249 g/mol. The van der Waals surface area contributed by atoms with Gasteiger partial charge in [0.1, 0.15) is 5.75 Å². The molecule has 96 valence electrons. The van der Waals surface area contributed by atoms with Crippen molar-refractivity contribution in [3.63, 3.8) is 0 Å². The molecule has 1 atom stereocenters. The number of amides is 2. The summed E-state index contributed by atoms with van der Waals surface area (Å²) in [6.45, 7) is 0.914. The van der Waals surface area contributed by atoms with Crippen LogP contribution in [-0.2, 0) is 4.79 Å². The highest BCUT2D eigenvalue weighted by Gasteiger charge is 2.31. The van der Waals surface area contributed by atoms with Crippen LogP contribution in [-0.4, -0.2) is 41.9 Å². The summed E-state index contributed by atoms with van der Waals surface area (Å²) in [6, 6.07) is 1.61. The number of aromatic nitrogens is 1. The Morgan fingerprint density at radius 3 is 2.94 bits per heavy atom. The molecule has 1 aromatic heterocycles. The lowest BCUT2D eigenvalue weighted by Crippen LogP contribution is -2.32. The van der Waals surface area contributed by atoms with E-state index >= 15 is 0 Å². The molecule has 18 heavy (non-hydrogen) atoms. The molecule has 1 aromatic rings. The van der Waals surface area contributed by atoms with Crippen LogP contribution >= 0.6 is 0 Å². The molecule has 2 amide bonds. The summed E-state index contributed by atoms with van der Waals surface area (Å²) in [7, 11) is 1.49. The molecule has 2 N–H and O–H groups in total. The molecule has 0 spiro atoms. The van der Waals surface area contributed by atoms with Crippen LogP contribution in [0.1, 0.15) is 16.8 Å². The van der Waals surface area contributed by atoms with E-state index < -0.39 is 0 Å². The van der Waals surface area contributed by atoms with Gasteiger partial charge in [0.15, 0.2) is 0 Å². The zero-order valence-corrected chi connectivity index (χ0v) is 10.1. The minimum Gasteiger partial charge on any atom is -0.494 e. The van der Waals surface area contributed by atoms with E-state index in [1.165, 1.54) is 19.5 Å². The number of ether oxygens (including phenoxy) is 1. The van der Waals surface area contributed by atoms with Crippen molar-refractivity contribution in [2.45, 2.75) is 6.42 Å². The van der Waals surface area contributed by atoms with Gasteiger partial charge in [-0.3, -0.25) is 14.6 Å². The number of carbonyl (C=O) groups excluding carboxylic acids is 2. The molecule has 1 aliphatic rings. The van der Waals surface area contributed by atoms with E-state index in [0.29, 0.717) is 30.8 Å². The van der Waals surface area contributed by atoms with Crippen molar-refractivity contribution >= 4 is 11.8 Å². The van der Waals surface area contributed by atoms with Crippen molar-refractivity contribution in [3.8, 4) is 5.75 Å².